The molecule has 3 N–H and O–H groups in total. The van der Waals surface area contributed by atoms with Crippen LogP contribution in [0.5, 0.6) is 0 Å². The fraction of sp³-hybridized carbons (Fsp3) is 0.0175. The van der Waals surface area contributed by atoms with E-state index < -0.39 is 0 Å². The van der Waals surface area contributed by atoms with Crippen LogP contribution in [0.1, 0.15) is 16.7 Å². The number of nitrogens with zero attached hydrogens (tertiary/aromatic N) is 2. The van der Waals surface area contributed by atoms with Gasteiger partial charge in [-0.05, 0) is 77.7 Å². The van der Waals surface area contributed by atoms with Gasteiger partial charge in [-0.2, -0.15) is 0 Å². The predicted molar refractivity (Wildman–Crippen MR) is 267 cm³/mol. The summed E-state index contributed by atoms with van der Waals surface area (Å²) in [6.45, 7) is 2.08. The smallest absolute Gasteiger partial charge is 0.154 e. The van der Waals surface area contributed by atoms with Gasteiger partial charge in [0, 0.05) is 58.5 Å². The van der Waals surface area contributed by atoms with Crippen LogP contribution < -0.4 is 5.73 Å². The van der Waals surface area contributed by atoms with Crippen molar-refractivity contribution < 1.29 is 4.42 Å². The van der Waals surface area contributed by atoms with E-state index in [4.69, 9.17) is 15.6 Å². The molecule has 3 aromatic heterocycles. The molecule has 0 unspecified atom stereocenters. The van der Waals surface area contributed by atoms with Gasteiger partial charge in [-0.25, -0.2) is 4.99 Å². The van der Waals surface area contributed by atoms with Crippen molar-refractivity contribution in [2.24, 2.45) is 10.7 Å². The topological polar surface area (TPSA) is 80.3 Å². The highest BCUT2D eigenvalue weighted by Gasteiger charge is 2.20. The van der Waals surface area contributed by atoms with Gasteiger partial charge in [-0.1, -0.05) is 163 Å². The Balaban J connectivity index is 0.000000581. The molecular formula is C57H40N4OS. The van der Waals surface area contributed by atoms with Crippen molar-refractivity contribution in [3.8, 4) is 27.9 Å². The molecule has 0 saturated carbocycles. The number of rotatable bonds is 5. The standard InChI is InChI=1S/C50H32N4OS.C7H8/c51-49(32-23-21-31(22-24-32)30-11-2-1-3-12-30)53-50(52)38-16-10-19-44-47(38)40-27-33(25-26-43(40)55-44)39-28-34(29-46-48(39)37-15-6-9-20-45(37)56-46)54-41-17-7-4-13-35(41)36-14-5-8-18-42(36)54;1-7-5-3-2-4-6-7/h1-29H,(H3,51,52,53);2-6H,1H3. The van der Waals surface area contributed by atoms with E-state index >= 15 is 0 Å². The average molecular weight is 829 g/mol. The minimum absolute atomic E-state index is 0.0983. The first kappa shape index (κ1) is 37.9. The maximum absolute atomic E-state index is 8.88. The van der Waals surface area contributed by atoms with E-state index in [-0.39, 0.29) is 11.7 Å². The van der Waals surface area contributed by atoms with E-state index in [2.05, 4.69) is 144 Å². The van der Waals surface area contributed by atoms with Crippen molar-refractivity contribution in [1.82, 2.24) is 4.57 Å². The van der Waals surface area contributed by atoms with Gasteiger partial charge in [0.2, 0.25) is 0 Å². The van der Waals surface area contributed by atoms with Crippen molar-refractivity contribution in [2.75, 3.05) is 0 Å². The second kappa shape index (κ2) is 15.8. The van der Waals surface area contributed by atoms with Crippen LogP contribution >= 0.6 is 11.3 Å². The van der Waals surface area contributed by atoms with Gasteiger partial charge in [0.1, 0.15) is 17.0 Å². The Morgan fingerprint density at radius 2 is 1.14 bits per heavy atom. The number of amidine groups is 2. The van der Waals surface area contributed by atoms with Gasteiger partial charge in [0.25, 0.3) is 0 Å². The van der Waals surface area contributed by atoms with Crippen LogP contribution in [-0.4, -0.2) is 16.2 Å². The number of para-hydroxylation sites is 2. The van der Waals surface area contributed by atoms with Crippen molar-refractivity contribution in [3.63, 3.8) is 0 Å². The Morgan fingerprint density at radius 3 is 1.84 bits per heavy atom. The van der Waals surface area contributed by atoms with Crippen LogP contribution in [0.15, 0.2) is 216 Å². The van der Waals surface area contributed by atoms with Gasteiger partial charge in [-0.3, -0.25) is 5.41 Å². The minimum atomic E-state index is 0.0983. The van der Waals surface area contributed by atoms with E-state index in [1.165, 1.54) is 47.5 Å². The number of aliphatic imine (C=N–C) groups is 1. The van der Waals surface area contributed by atoms with E-state index in [1.807, 2.05) is 90.2 Å². The Bertz CT molecular complexity index is 3660. The molecule has 12 rings (SSSR count). The average Bonchev–Trinajstić information content (AvgIpc) is 4.01. The third kappa shape index (κ3) is 6.83. The molecule has 0 aliphatic carbocycles. The number of aryl methyl sites for hydroxylation is 1. The minimum Gasteiger partial charge on any atom is -0.456 e. The van der Waals surface area contributed by atoms with Crippen molar-refractivity contribution in [2.45, 2.75) is 6.92 Å². The van der Waals surface area contributed by atoms with Gasteiger partial charge < -0.3 is 14.7 Å². The lowest BCUT2D eigenvalue weighted by atomic mass is 9.96. The third-order valence-corrected chi connectivity index (χ3v) is 12.9. The number of thiophene rings is 1. The summed E-state index contributed by atoms with van der Waals surface area (Å²) in [6.07, 6.45) is 0. The largest absolute Gasteiger partial charge is 0.456 e. The number of hydrogen-bond donors (Lipinski definition) is 2. The molecular weight excluding hydrogens is 789 g/mol. The predicted octanol–water partition coefficient (Wildman–Crippen LogP) is 15.1. The first-order valence-electron chi connectivity index (χ1n) is 21.0. The molecule has 0 spiro atoms. The second-order valence-electron chi connectivity index (χ2n) is 15.8. The maximum atomic E-state index is 8.88. The third-order valence-electron chi connectivity index (χ3n) is 11.8. The van der Waals surface area contributed by atoms with Crippen LogP contribution in [0.3, 0.4) is 0 Å². The molecule has 63 heavy (non-hydrogen) atoms. The molecule has 0 saturated heterocycles. The van der Waals surface area contributed by atoms with Crippen LogP contribution in [0.2, 0.25) is 0 Å². The Hall–Kier alpha value is -8.06. The molecule has 0 amide bonds. The molecule has 0 aliphatic rings. The molecule has 0 fully saturated rings. The summed E-state index contributed by atoms with van der Waals surface area (Å²) in [7, 11) is 0. The summed E-state index contributed by atoms with van der Waals surface area (Å²) in [4.78, 5) is 4.63. The Morgan fingerprint density at radius 1 is 0.524 bits per heavy atom. The number of aromatic nitrogens is 1. The number of hydrogen-bond acceptors (Lipinski definition) is 3. The summed E-state index contributed by atoms with van der Waals surface area (Å²) in [5.41, 5.74) is 18.9. The maximum Gasteiger partial charge on any atom is 0.154 e. The molecule has 300 valence electrons. The quantitative estimate of drug-likeness (QED) is 0.134. The summed E-state index contributed by atoms with van der Waals surface area (Å²) in [5, 5.41) is 15.6. The zero-order valence-corrected chi connectivity index (χ0v) is 35.2. The molecule has 0 radical (unpaired) electrons. The molecule has 0 bridgehead atoms. The SMILES string of the molecule is Cc1ccccc1.N=C(N=C(N)c1cccc2oc3ccc(-c4cc(-n5c6ccccc6c6ccccc65)cc5sc6ccccc6c45)cc3c12)c1ccc(-c2ccccc2)cc1. The lowest BCUT2D eigenvalue weighted by molar-refractivity contribution is 0.669. The highest BCUT2D eigenvalue weighted by atomic mass is 32.1. The van der Waals surface area contributed by atoms with E-state index in [0.29, 0.717) is 5.56 Å². The second-order valence-corrected chi connectivity index (χ2v) is 16.9. The molecule has 0 atom stereocenters. The fourth-order valence-corrected chi connectivity index (χ4v) is 10.0. The lowest BCUT2D eigenvalue weighted by Gasteiger charge is -2.13. The Labute approximate surface area is 368 Å². The monoisotopic (exact) mass is 828 g/mol. The van der Waals surface area contributed by atoms with Crippen molar-refractivity contribution >= 4 is 86.9 Å². The number of furan rings is 1. The number of nitrogens with one attached hydrogen (secondary N) is 1. The zero-order chi connectivity index (χ0) is 42.4. The first-order valence-corrected chi connectivity index (χ1v) is 21.8. The molecule has 6 heteroatoms. The van der Waals surface area contributed by atoms with E-state index in [0.717, 1.165) is 55.4 Å². The number of benzene rings is 9. The van der Waals surface area contributed by atoms with Crippen LogP contribution in [-0.2, 0) is 0 Å². The van der Waals surface area contributed by atoms with Crippen LogP contribution in [0.25, 0.3) is 91.9 Å². The molecule has 5 nitrogen and oxygen atoms in total. The number of nitrogens with two attached hydrogens (primary N) is 1. The molecule has 9 aromatic carbocycles. The van der Waals surface area contributed by atoms with Crippen LogP contribution in [0.4, 0.5) is 0 Å². The van der Waals surface area contributed by atoms with Gasteiger partial charge in [0.05, 0.1) is 11.0 Å². The highest BCUT2D eigenvalue weighted by molar-refractivity contribution is 7.26. The normalized spacial score (nSPS) is 11.8. The highest BCUT2D eigenvalue weighted by Crippen LogP contribution is 2.44. The van der Waals surface area contributed by atoms with Crippen molar-refractivity contribution in [1.29, 1.82) is 5.41 Å². The van der Waals surface area contributed by atoms with Gasteiger partial charge in [-0.15, -0.1) is 11.3 Å². The summed E-state index contributed by atoms with van der Waals surface area (Å²) in [6, 6.07) is 71.3. The lowest BCUT2D eigenvalue weighted by Crippen LogP contribution is -2.16. The number of fused-ring (bicyclic) bond motifs is 9. The summed E-state index contributed by atoms with van der Waals surface area (Å²) < 4.78 is 11.3. The summed E-state index contributed by atoms with van der Waals surface area (Å²) in [5.74, 6) is 0.363. The molecule has 12 aromatic rings. The molecule has 0 aliphatic heterocycles. The Kier molecular flexibility index (Phi) is 9.48. The van der Waals surface area contributed by atoms with Crippen molar-refractivity contribution in [3.05, 3.63) is 223 Å². The summed E-state index contributed by atoms with van der Waals surface area (Å²) >= 11 is 1.83. The van der Waals surface area contributed by atoms with E-state index in [1.54, 1.807) is 0 Å². The fourth-order valence-electron chi connectivity index (χ4n) is 8.84. The molecule has 3 heterocycles. The van der Waals surface area contributed by atoms with E-state index in [9.17, 15) is 0 Å². The first-order chi connectivity index (χ1) is 31.0. The van der Waals surface area contributed by atoms with Gasteiger partial charge >= 0.3 is 0 Å². The van der Waals surface area contributed by atoms with Crippen LogP contribution in [0, 0.1) is 12.3 Å². The van der Waals surface area contributed by atoms with Gasteiger partial charge in [0.15, 0.2) is 5.84 Å². The zero-order valence-electron chi connectivity index (χ0n) is 34.4.